The van der Waals surface area contributed by atoms with Crippen LogP contribution in [0.2, 0.25) is 0 Å². The number of esters is 1. The third-order valence-corrected chi connectivity index (χ3v) is 8.08. The summed E-state index contributed by atoms with van der Waals surface area (Å²) in [6.07, 6.45) is 3.80. The molecule has 1 amide bonds. The van der Waals surface area contributed by atoms with Crippen molar-refractivity contribution in [3.63, 3.8) is 0 Å². The highest BCUT2D eigenvalue weighted by Gasteiger charge is 2.42. The van der Waals surface area contributed by atoms with Gasteiger partial charge in [0, 0.05) is 19.1 Å². The van der Waals surface area contributed by atoms with E-state index in [0.717, 1.165) is 37.1 Å². The molecule has 5 heteroatoms. The Labute approximate surface area is 220 Å². The first-order chi connectivity index (χ1) is 18.2. The van der Waals surface area contributed by atoms with Crippen LogP contribution in [-0.2, 0) is 14.3 Å². The number of likely N-dealkylation sites (tertiary alicyclic amines) is 2. The van der Waals surface area contributed by atoms with Crippen LogP contribution in [0.25, 0.3) is 0 Å². The zero-order valence-corrected chi connectivity index (χ0v) is 21.5. The van der Waals surface area contributed by atoms with Gasteiger partial charge in [-0.15, -0.1) is 0 Å². The first-order valence-corrected chi connectivity index (χ1v) is 13.4. The van der Waals surface area contributed by atoms with E-state index in [1.54, 1.807) is 4.90 Å². The number of hydrogen-bond donors (Lipinski definition) is 0. The summed E-state index contributed by atoms with van der Waals surface area (Å²) in [5, 5.41) is 0. The molecule has 0 bridgehead atoms. The molecule has 0 saturated carbocycles. The molecule has 3 atom stereocenters. The van der Waals surface area contributed by atoms with E-state index in [-0.39, 0.29) is 17.9 Å². The van der Waals surface area contributed by atoms with Crippen molar-refractivity contribution in [2.75, 3.05) is 26.7 Å². The molecule has 3 aromatic rings. The van der Waals surface area contributed by atoms with Crippen LogP contribution >= 0.6 is 0 Å². The smallest absolute Gasteiger partial charge is 0.328 e. The molecule has 5 nitrogen and oxygen atoms in total. The maximum Gasteiger partial charge on any atom is 0.328 e. The predicted molar refractivity (Wildman–Crippen MR) is 145 cm³/mol. The average molecular weight is 497 g/mol. The Balaban J connectivity index is 1.37. The molecule has 2 aliphatic heterocycles. The molecule has 2 aliphatic rings. The van der Waals surface area contributed by atoms with Gasteiger partial charge in [-0.3, -0.25) is 9.69 Å². The average Bonchev–Trinajstić information content (AvgIpc) is 2.98. The Hall–Kier alpha value is -3.44. The maximum absolute atomic E-state index is 14.2. The number of methoxy groups -OCH3 is 1. The number of hydrogen-bond acceptors (Lipinski definition) is 4. The molecule has 0 aliphatic carbocycles. The second-order valence-corrected chi connectivity index (χ2v) is 10.2. The number of amides is 1. The molecule has 2 heterocycles. The van der Waals surface area contributed by atoms with Gasteiger partial charge in [0.1, 0.15) is 6.04 Å². The van der Waals surface area contributed by atoms with Crippen molar-refractivity contribution in [2.45, 2.75) is 49.6 Å². The second-order valence-electron chi connectivity index (χ2n) is 10.2. The SMILES string of the molecule is COC(=O)[C@@H]1C[C@H](N2CCC[C@@H](c3ccccc3)C2)CCN1C(=O)C(c1ccccc1)c1ccccc1. The topological polar surface area (TPSA) is 49.9 Å². The van der Waals surface area contributed by atoms with E-state index in [9.17, 15) is 9.59 Å². The van der Waals surface area contributed by atoms with E-state index in [4.69, 9.17) is 4.74 Å². The lowest BCUT2D eigenvalue weighted by Crippen LogP contribution is -2.57. The fourth-order valence-electron chi connectivity index (χ4n) is 6.17. The molecule has 0 N–H and O–H groups in total. The lowest BCUT2D eigenvalue weighted by atomic mass is 9.86. The van der Waals surface area contributed by atoms with Crippen LogP contribution in [0, 0.1) is 0 Å². The zero-order chi connectivity index (χ0) is 25.6. The van der Waals surface area contributed by atoms with Crippen molar-refractivity contribution in [1.82, 2.24) is 9.80 Å². The minimum atomic E-state index is -0.580. The van der Waals surface area contributed by atoms with Crippen molar-refractivity contribution in [3.05, 3.63) is 108 Å². The van der Waals surface area contributed by atoms with Crippen LogP contribution in [0.5, 0.6) is 0 Å². The van der Waals surface area contributed by atoms with Gasteiger partial charge >= 0.3 is 5.97 Å². The van der Waals surface area contributed by atoms with Gasteiger partial charge in [0.15, 0.2) is 0 Å². The summed E-state index contributed by atoms with van der Waals surface area (Å²) < 4.78 is 5.24. The van der Waals surface area contributed by atoms with Crippen LogP contribution in [0.3, 0.4) is 0 Å². The van der Waals surface area contributed by atoms with Crippen LogP contribution in [0.15, 0.2) is 91.0 Å². The van der Waals surface area contributed by atoms with Crippen molar-refractivity contribution in [2.24, 2.45) is 0 Å². The normalized spacial score (nSPS) is 22.5. The molecular weight excluding hydrogens is 460 g/mol. The summed E-state index contributed by atoms with van der Waals surface area (Å²) in [4.78, 5) is 31.5. The Morgan fingerprint density at radius 1 is 0.811 bits per heavy atom. The standard InChI is InChI=1S/C32H36N2O3/c1-37-32(36)29-22-28(33-20-11-18-27(23-33)24-12-5-2-6-13-24)19-21-34(29)31(35)30(25-14-7-3-8-15-25)26-16-9-4-10-17-26/h2-10,12-17,27-30H,11,18-23H2,1H3/t27-,28-,29+/m1/s1. The highest BCUT2D eigenvalue weighted by Crippen LogP contribution is 2.34. The van der Waals surface area contributed by atoms with Gasteiger partial charge in [0.05, 0.1) is 13.0 Å². The van der Waals surface area contributed by atoms with Gasteiger partial charge in [-0.2, -0.15) is 0 Å². The van der Waals surface area contributed by atoms with Gasteiger partial charge < -0.3 is 9.64 Å². The molecule has 0 radical (unpaired) electrons. The summed E-state index contributed by atoms with van der Waals surface area (Å²) >= 11 is 0. The molecular formula is C32H36N2O3. The Morgan fingerprint density at radius 3 is 2.00 bits per heavy atom. The number of benzene rings is 3. The lowest BCUT2D eigenvalue weighted by molar-refractivity contribution is -0.156. The van der Waals surface area contributed by atoms with Crippen LogP contribution in [0.1, 0.15) is 54.2 Å². The van der Waals surface area contributed by atoms with Gasteiger partial charge in [-0.1, -0.05) is 91.0 Å². The molecule has 2 saturated heterocycles. The third kappa shape index (κ3) is 5.62. The Bertz CT molecular complexity index is 1130. The number of ether oxygens (including phenoxy) is 1. The number of nitrogens with zero attached hydrogens (tertiary/aromatic N) is 2. The van der Waals surface area contributed by atoms with Crippen LogP contribution in [0.4, 0.5) is 0 Å². The van der Waals surface area contributed by atoms with Crippen LogP contribution < -0.4 is 0 Å². The van der Waals surface area contributed by atoms with E-state index in [2.05, 4.69) is 35.2 Å². The number of carbonyl (C=O) groups excluding carboxylic acids is 2. The quantitative estimate of drug-likeness (QED) is 0.439. The molecule has 0 spiro atoms. The summed E-state index contributed by atoms with van der Waals surface area (Å²) in [6.45, 7) is 2.58. The number of piperidine rings is 2. The number of carbonyl (C=O) groups is 2. The molecule has 5 rings (SSSR count). The van der Waals surface area contributed by atoms with Gasteiger partial charge in [0.2, 0.25) is 5.91 Å². The fraction of sp³-hybridized carbons (Fsp3) is 0.375. The minimum absolute atomic E-state index is 0.0351. The van der Waals surface area contributed by atoms with E-state index < -0.39 is 12.0 Å². The van der Waals surface area contributed by atoms with Crippen molar-refractivity contribution < 1.29 is 14.3 Å². The molecule has 2 fully saturated rings. The van der Waals surface area contributed by atoms with Crippen molar-refractivity contribution in [3.8, 4) is 0 Å². The van der Waals surface area contributed by atoms with Crippen molar-refractivity contribution in [1.29, 1.82) is 0 Å². The fourth-order valence-corrected chi connectivity index (χ4v) is 6.17. The lowest BCUT2D eigenvalue weighted by Gasteiger charge is -2.45. The first kappa shape index (κ1) is 25.2. The van der Waals surface area contributed by atoms with E-state index in [0.29, 0.717) is 18.9 Å². The molecule has 3 aromatic carbocycles. The Kier molecular flexibility index (Phi) is 8.00. The van der Waals surface area contributed by atoms with Crippen molar-refractivity contribution >= 4 is 11.9 Å². The van der Waals surface area contributed by atoms with E-state index in [1.165, 1.54) is 19.1 Å². The first-order valence-electron chi connectivity index (χ1n) is 13.4. The van der Waals surface area contributed by atoms with Gasteiger partial charge in [0.25, 0.3) is 0 Å². The van der Waals surface area contributed by atoms with E-state index >= 15 is 0 Å². The zero-order valence-electron chi connectivity index (χ0n) is 21.5. The summed E-state index contributed by atoms with van der Waals surface area (Å²) in [7, 11) is 1.42. The minimum Gasteiger partial charge on any atom is -0.467 e. The highest BCUT2D eigenvalue weighted by atomic mass is 16.5. The van der Waals surface area contributed by atoms with E-state index in [1.807, 2.05) is 60.7 Å². The Morgan fingerprint density at radius 2 is 1.41 bits per heavy atom. The maximum atomic E-state index is 14.2. The second kappa shape index (κ2) is 11.7. The molecule has 37 heavy (non-hydrogen) atoms. The summed E-state index contributed by atoms with van der Waals surface area (Å²) in [5.41, 5.74) is 3.26. The molecule has 0 unspecified atom stereocenters. The summed E-state index contributed by atoms with van der Waals surface area (Å²) in [5.74, 6) is -0.308. The monoisotopic (exact) mass is 496 g/mol. The predicted octanol–water partition coefficient (Wildman–Crippen LogP) is 5.23. The van der Waals surface area contributed by atoms with Crippen LogP contribution in [-0.4, -0.2) is 60.5 Å². The third-order valence-electron chi connectivity index (χ3n) is 8.08. The highest BCUT2D eigenvalue weighted by molar-refractivity contribution is 5.91. The molecule has 0 aromatic heterocycles. The van der Waals surface area contributed by atoms with Gasteiger partial charge in [-0.25, -0.2) is 4.79 Å². The van der Waals surface area contributed by atoms with Gasteiger partial charge in [-0.05, 0) is 54.8 Å². The largest absolute Gasteiger partial charge is 0.467 e. The summed E-state index contributed by atoms with van der Waals surface area (Å²) in [6, 6.07) is 30.1. The number of rotatable bonds is 6. The molecule has 192 valence electrons.